The van der Waals surface area contributed by atoms with Crippen molar-refractivity contribution in [1.29, 1.82) is 0 Å². The maximum Gasteiger partial charge on any atom is 0.339 e. The van der Waals surface area contributed by atoms with Gasteiger partial charge in [-0.2, -0.15) is 4.31 Å². The van der Waals surface area contributed by atoms with Gasteiger partial charge in [0.1, 0.15) is 11.1 Å². The van der Waals surface area contributed by atoms with Crippen molar-refractivity contribution in [3.05, 3.63) is 80.8 Å². The summed E-state index contributed by atoms with van der Waals surface area (Å²) in [4.78, 5) is 48.7. The van der Waals surface area contributed by atoms with Gasteiger partial charge in [-0.15, -0.1) is 11.3 Å². The van der Waals surface area contributed by atoms with Crippen molar-refractivity contribution in [2.75, 3.05) is 26.7 Å². The fourth-order valence-corrected chi connectivity index (χ4v) is 7.80. The van der Waals surface area contributed by atoms with Crippen molar-refractivity contribution < 1.29 is 27.5 Å². The van der Waals surface area contributed by atoms with Gasteiger partial charge in [-0.1, -0.05) is 29.8 Å². The van der Waals surface area contributed by atoms with Crippen LogP contribution in [0.15, 0.2) is 59.6 Å². The number of amides is 2. The molecule has 0 radical (unpaired) electrons. The number of likely N-dealkylation sites (N-methyl/N-ethyl adjacent to an activating group) is 1. The van der Waals surface area contributed by atoms with Gasteiger partial charge in [0.2, 0.25) is 5.91 Å². The zero-order valence-corrected chi connectivity index (χ0v) is 25.3. The molecule has 1 fully saturated rings. The Morgan fingerprint density at radius 3 is 2.67 bits per heavy atom. The summed E-state index contributed by atoms with van der Waals surface area (Å²) in [7, 11) is -2.57. The van der Waals surface area contributed by atoms with Crippen LogP contribution in [0.3, 0.4) is 0 Å². The average Bonchev–Trinajstić information content (AvgIpc) is 3.65. The monoisotopic (exact) mass is 642 g/mol. The molecule has 2 unspecified atom stereocenters. The molecule has 2 aliphatic heterocycles. The van der Waals surface area contributed by atoms with Crippen molar-refractivity contribution in [3.8, 4) is 0 Å². The van der Waals surface area contributed by atoms with Gasteiger partial charge in [-0.3, -0.25) is 14.9 Å². The quantitative estimate of drug-likeness (QED) is 0.271. The Hall–Kier alpha value is -3.82. The fraction of sp³-hybridized carbons (Fsp3) is 0.286. The smallest absolute Gasteiger partial charge is 0.339 e. The molecule has 2 aliphatic rings. The molecule has 0 spiro atoms. The lowest BCUT2D eigenvalue weighted by Gasteiger charge is -2.39. The van der Waals surface area contributed by atoms with Crippen LogP contribution >= 0.6 is 22.9 Å². The molecule has 1 saturated heterocycles. The summed E-state index contributed by atoms with van der Waals surface area (Å²) in [6.07, 6.45) is -0.337. The minimum atomic E-state index is -4.01. The zero-order chi connectivity index (χ0) is 30.3. The molecule has 0 saturated carbocycles. The number of H-pyrrole nitrogens is 1. The third-order valence-corrected chi connectivity index (χ3v) is 10.5. The summed E-state index contributed by atoms with van der Waals surface area (Å²) in [5.74, 6) is -1.43. The van der Waals surface area contributed by atoms with E-state index in [9.17, 15) is 22.8 Å². The highest BCUT2D eigenvalue weighted by Crippen LogP contribution is 2.29. The topological polar surface area (TPSA) is 154 Å². The van der Waals surface area contributed by atoms with E-state index in [1.165, 1.54) is 33.7 Å². The van der Waals surface area contributed by atoms with Crippen LogP contribution in [0.2, 0.25) is 5.02 Å². The first-order valence-electron chi connectivity index (χ1n) is 13.4. The molecule has 2 amide bonds. The van der Waals surface area contributed by atoms with Crippen LogP contribution in [0.1, 0.15) is 30.7 Å². The van der Waals surface area contributed by atoms with Gasteiger partial charge in [-0.05, 0) is 36.4 Å². The van der Waals surface area contributed by atoms with E-state index >= 15 is 0 Å². The van der Waals surface area contributed by atoms with Gasteiger partial charge in [0.15, 0.2) is 11.2 Å². The molecule has 43 heavy (non-hydrogen) atoms. The maximum absolute atomic E-state index is 13.7. The van der Waals surface area contributed by atoms with E-state index in [0.717, 1.165) is 4.88 Å². The Morgan fingerprint density at radius 2 is 1.91 bits per heavy atom. The molecule has 4 heterocycles. The van der Waals surface area contributed by atoms with Gasteiger partial charge >= 0.3 is 5.97 Å². The van der Waals surface area contributed by atoms with E-state index in [1.54, 1.807) is 42.5 Å². The first kappa shape index (κ1) is 29.3. The van der Waals surface area contributed by atoms with E-state index in [-0.39, 0.29) is 36.1 Å². The van der Waals surface area contributed by atoms with Gasteiger partial charge < -0.3 is 19.9 Å². The van der Waals surface area contributed by atoms with E-state index < -0.39 is 40.1 Å². The molecule has 0 bridgehead atoms. The van der Waals surface area contributed by atoms with Crippen LogP contribution in [0.5, 0.6) is 0 Å². The SMILES string of the molecule is CNC(=O)C1CN(S(=O)(=O)c2cc3cc(Cl)ccc3[nH]2)CCN1C(=O)c1nc2c(s1)CNC(OC(=O)c1ccccc1)C2. The summed E-state index contributed by atoms with van der Waals surface area (Å²) < 4.78 is 33.9. The van der Waals surface area contributed by atoms with Crippen molar-refractivity contribution in [1.82, 2.24) is 29.8 Å². The lowest BCUT2D eigenvalue weighted by molar-refractivity contribution is -0.126. The van der Waals surface area contributed by atoms with Crippen molar-refractivity contribution in [3.63, 3.8) is 0 Å². The number of aromatic amines is 1. The second kappa shape index (κ2) is 11.7. The first-order chi connectivity index (χ1) is 20.6. The Labute approximate surface area is 256 Å². The number of piperazine rings is 1. The molecule has 4 aromatic rings. The van der Waals surface area contributed by atoms with Gasteiger partial charge in [0.05, 0.1) is 11.3 Å². The number of carbonyl (C=O) groups is 3. The minimum Gasteiger partial charge on any atom is -0.443 e. The van der Waals surface area contributed by atoms with E-state index in [2.05, 4.69) is 20.6 Å². The summed E-state index contributed by atoms with van der Waals surface area (Å²) in [6, 6.07) is 14.1. The fourth-order valence-electron chi connectivity index (χ4n) is 5.17. The normalized spacial score (nSPS) is 19.2. The van der Waals surface area contributed by atoms with Crippen LogP contribution in [0.25, 0.3) is 10.9 Å². The van der Waals surface area contributed by atoms with Gasteiger partial charge in [-0.25, -0.2) is 18.2 Å². The van der Waals surface area contributed by atoms with Crippen LogP contribution in [0, 0.1) is 0 Å². The summed E-state index contributed by atoms with van der Waals surface area (Å²) >= 11 is 7.26. The molecule has 6 rings (SSSR count). The number of sulfonamides is 1. The minimum absolute atomic E-state index is 0.0119. The predicted molar refractivity (Wildman–Crippen MR) is 159 cm³/mol. The van der Waals surface area contributed by atoms with Crippen molar-refractivity contribution >= 4 is 61.6 Å². The number of rotatable bonds is 6. The maximum atomic E-state index is 13.7. The number of benzene rings is 2. The van der Waals surface area contributed by atoms with Crippen LogP contribution < -0.4 is 10.6 Å². The summed E-state index contributed by atoms with van der Waals surface area (Å²) in [5, 5.41) is 6.97. The number of hydrogen-bond acceptors (Lipinski definition) is 9. The number of aromatic nitrogens is 2. The highest BCUT2D eigenvalue weighted by molar-refractivity contribution is 7.89. The molecule has 3 N–H and O–H groups in total. The number of halogens is 1. The highest BCUT2D eigenvalue weighted by Gasteiger charge is 2.41. The Balaban J connectivity index is 1.17. The van der Waals surface area contributed by atoms with Crippen LogP contribution in [0.4, 0.5) is 0 Å². The highest BCUT2D eigenvalue weighted by atomic mass is 35.5. The number of thiazole rings is 1. The first-order valence-corrected chi connectivity index (χ1v) is 16.1. The van der Waals surface area contributed by atoms with Crippen molar-refractivity contribution in [2.45, 2.75) is 30.3 Å². The Morgan fingerprint density at radius 1 is 1.12 bits per heavy atom. The number of nitrogens with zero attached hydrogens (tertiary/aromatic N) is 3. The van der Waals surface area contributed by atoms with E-state index in [4.69, 9.17) is 16.3 Å². The number of nitrogens with one attached hydrogen (secondary N) is 3. The van der Waals surface area contributed by atoms with Crippen LogP contribution in [-0.4, -0.2) is 84.3 Å². The lowest BCUT2D eigenvalue weighted by Crippen LogP contribution is -2.61. The predicted octanol–water partition coefficient (Wildman–Crippen LogP) is 2.37. The molecule has 15 heteroatoms. The molecule has 2 atom stereocenters. The average molecular weight is 643 g/mol. The van der Waals surface area contributed by atoms with Gasteiger partial charge in [0, 0.05) is 60.5 Å². The molecular formula is C28H27ClN6O6S2. The van der Waals surface area contributed by atoms with E-state index in [0.29, 0.717) is 33.7 Å². The van der Waals surface area contributed by atoms with E-state index in [1.807, 2.05) is 6.07 Å². The number of hydrogen-bond donors (Lipinski definition) is 3. The number of fused-ring (bicyclic) bond motifs is 2. The summed E-state index contributed by atoms with van der Waals surface area (Å²) in [6.45, 7) is 0.103. The van der Waals surface area contributed by atoms with Crippen LogP contribution in [-0.2, 0) is 32.5 Å². The molecule has 2 aromatic heterocycles. The third-order valence-electron chi connectivity index (χ3n) is 7.42. The molecule has 12 nitrogen and oxygen atoms in total. The molecule has 2 aromatic carbocycles. The summed E-state index contributed by atoms with van der Waals surface area (Å²) in [5.41, 5.74) is 1.67. The Kier molecular flexibility index (Phi) is 7.96. The zero-order valence-electron chi connectivity index (χ0n) is 22.9. The molecule has 224 valence electrons. The molecule has 0 aliphatic carbocycles. The van der Waals surface area contributed by atoms with Crippen molar-refractivity contribution in [2.24, 2.45) is 0 Å². The largest absolute Gasteiger partial charge is 0.443 e. The molecular weight excluding hydrogens is 616 g/mol. The Bertz CT molecular complexity index is 1830. The number of ether oxygens (including phenoxy) is 1. The van der Waals surface area contributed by atoms with Gasteiger partial charge in [0.25, 0.3) is 15.9 Å². The number of esters is 1. The lowest BCUT2D eigenvalue weighted by atomic mass is 10.1. The second-order valence-corrected chi connectivity index (χ2v) is 13.5. The second-order valence-electron chi connectivity index (χ2n) is 10.1. The third kappa shape index (κ3) is 5.76. The standard InChI is InChI=1S/C28H27ClN6O6S2/c1-30-25(36)21-15-34(43(39,40)24-12-17-11-18(29)7-8-19(17)32-24)9-10-35(21)27(37)26-33-20-13-23(31-14-22(20)42-26)41-28(38)16-5-3-2-4-6-16/h2-8,11-12,21,23,31-32H,9-10,13-15H2,1H3,(H,30,36). The number of carbonyl (C=O) groups excluding carboxylic acids is 3.